The molecular formula is C26H38N4O3S. The van der Waals surface area contributed by atoms with Crippen LogP contribution in [0.15, 0.2) is 53.4 Å². The SMILES string of the molecule is C[C@H](CNc1cc(C(=O)N2CCCN(C)CC2)cc(S(=O)(=O)NC(C)(C)C)c1)c1ccccc1. The first kappa shape index (κ1) is 26.2. The molecule has 34 heavy (non-hydrogen) atoms. The monoisotopic (exact) mass is 486 g/mol. The van der Waals surface area contributed by atoms with Gasteiger partial charge in [-0.15, -0.1) is 0 Å². The first-order chi connectivity index (χ1) is 15.9. The molecule has 1 saturated heterocycles. The van der Waals surface area contributed by atoms with Crippen molar-refractivity contribution in [2.45, 2.75) is 50.5 Å². The van der Waals surface area contributed by atoms with Gasteiger partial charge in [0.2, 0.25) is 10.0 Å². The van der Waals surface area contributed by atoms with Gasteiger partial charge in [-0.05, 0) is 70.5 Å². The van der Waals surface area contributed by atoms with Crippen LogP contribution in [0.5, 0.6) is 0 Å². The van der Waals surface area contributed by atoms with Crippen LogP contribution >= 0.6 is 0 Å². The Kier molecular flexibility index (Phi) is 8.38. The minimum Gasteiger partial charge on any atom is -0.384 e. The molecule has 2 N–H and O–H groups in total. The lowest BCUT2D eigenvalue weighted by atomic mass is 10.0. The van der Waals surface area contributed by atoms with Crippen LogP contribution in [-0.2, 0) is 10.0 Å². The normalized spacial score (nSPS) is 16.7. The maximum Gasteiger partial charge on any atom is 0.254 e. The van der Waals surface area contributed by atoms with Gasteiger partial charge in [-0.3, -0.25) is 4.79 Å². The van der Waals surface area contributed by atoms with Crippen molar-refractivity contribution in [2.24, 2.45) is 0 Å². The highest BCUT2D eigenvalue weighted by Gasteiger charge is 2.26. The summed E-state index contributed by atoms with van der Waals surface area (Å²) in [6.45, 7) is 11.2. The number of amides is 1. The van der Waals surface area contributed by atoms with E-state index >= 15 is 0 Å². The highest BCUT2D eigenvalue weighted by molar-refractivity contribution is 7.89. The van der Waals surface area contributed by atoms with E-state index in [1.165, 1.54) is 11.6 Å². The Morgan fingerprint density at radius 3 is 2.41 bits per heavy atom. The molecule has 7 nitrogen and oxygen atoms in total. The largest absolute Gasteiger partial charge is 0.384 e. The van der Waals surface area contributed by atoms with E-state index in [1.54, 1.807) is 32.9 Å². The summed E-state index contributed by atoms with van der Waals surface area (Å²) in [5.41, 5.74) is 1.56. The second-order valence-electron chi connectivity index (χ2n) is 10.2. The van der Waals surface area contributed by atoms with Crippen molar-refractivity contribution in [3.8, 4) is 0 Å². The molecular weight excluding hydrogens is 448 g/mol. The summed E-state index contributed by atoms with van der Waals surface area (Å²) in [7, 11) is -1.75. The van der Waals surface area contributed by atoms with E-state index in [1.807, 2.05) is 23.1 Å². The number of anilines is 1. The van der Waals surface area contributed by atoms with E-state index in [2.05, 4.69) is 41.0 Å². The number of benzene rings is 2. The van der Waals surface area contributed by atoms with Crippen LogP contribution in [0.25, 0.3) is 0 Å². The minimum absolute atomic E-state index is 0.0927. The van der Waals surface area contributed by atoms with Crippen molar-refractivity contribution in [3.05, 3.63) is 59.7 Å². The summed E-state index contributed by atoms with van der Waals surface area (Å²) in [6.07, 6.45) is 0.894. The van der Waals surface area contributed by atoms with Crippen LogP contribution in [-0.4, -0.2) is 69.4 Å². The van der Waals surface area contributed by atoms with E-state index < -0.39 is 15.6 Å². The Bertz CT molecular complexity index is 1080. The number of rotatable bonds is 7. The second kappa shape index (κ2) is 10.9. The van der Waals surface area contributed by atoms with Crippen molar-refractivity contribution < 1.29 is 13.2 Å². The molecule has 0 aliphatic carbocycles. The van der Waals surface area contributed by atoms with E-state index in [9.17, 15) is 13.2 Å². The van der Waals surface area contributed by atoms with Crippen LogP contribution < -0.4 is 10.0 Å². The van der Waals surface area contributed by atoms with Gasteiger partial charge in [0.05, 0.1) is 4.90 Å². The molecule has 1 aliphatic heterocycles. The molecule has 186 valence electrons. The van der Waals surface area contributed by atoms with E-state index in [0.29, 0.717) is 30.9 Å². The summed E-state index contributed by atoms with van der Waals surface area (Å²) in [4.78, 5) is 17.5. The van der Waals surface area contributed by atoms with Gasteiger partial charge in [-0.1, -0.05) is 37.3 Å². The third kappa shape index (κ3) is 7.29. The van der Waals surface area contributed by atoms with Crippen LogP contribution in [0, 0.1) is 0 Å². The van der Waals surface area contributed by atoms with Crippen LogP contribution in [0.1, 0.15) is 56.0 Å². The number of hydrogen-bond donors (Lipinski definition) is 2. The van der Waals surface area contributed by atoms with Gasteiger partial charge < -0.3 is 15.1 Å². The molecule has 8 heteroatoms. The number of nitrogens with zero attached hydrogens (tertiary/aromatic N) is 2. The van der Waals surface area contributed by atoms with Gasteiger partial charge in [0.1, 0.15) is 0 Å². The fraction of sp³-hybridized carbons (Fsp3) is 0.500. The first-order valence-corrected chi connectivity index (χ1v) is 13.4. The topological polar surface area (TPSA) is 81.8 Å². The summed E-state index contributed by atoms with van der Waals surface area (Å²) in [6, 6.07) is 15.0. The molecule has 1 heterocycles. The molecule has 0 bridgehead atoms. The van der Waals surface area contributed by atoms with Gasteiger partial charge in [0.25, 0.3) is 5.91 Å². The third-order valence-corrected chi connectivity index (χ3v) is 7.63. The molecule has 0 unspecified atom stereocenters. The number of carbonyl (C=O) groups excluding carboxylic acids is 1. The Balaban J connectivity index is 1.90. The van der Waals surface area contributed by atoms with Crippen molar-refractivity contribution in [1.82, 2.24) is 14.5 Å². The average Bonchev–Trinajstić information content (AvgIpc) is 3.00. The fourth-order valence-corrected chi connectivity index (χ4v) is 5.53. The number of nitrogens with one attached hydrogen (secondary N) is 2. The van der Waals surface area contributed by atoms with Gasteiger partial charge in [-0.2, -0.15) is 0 Å². The molecule has 0 radical (unpaired) electrons. The summed E-state index contributed by atoms with van der Waals surface area (Å²) in [5, 5.41) is 3.36. The number of hydrogen-bond acceptors (Lipinski definition) is 5. The molecule has 3 rings (SSSR count). The van der Waals surface area contributed by atoms with Gasteiger partial charge in [0, 0.05) is 43.0 Å². The Hall–Kier alpha value is -2.42. The lowest BCUT2D eigenvalue weighted by Gasteiger charge is -2.23. The predicted octanol–water partition coefficient (Wildman–Crippen LogP) is 3.76. The van der Waals surface area contributed by atoms with Crippen molar-refractivity contribution in [3.63, 3.8) is 0 Å². The Labute approximate surface area is 204 Å². The third-order valence-electron chi connectivity index (χ3n) is 5.89. The second-order valence-corrected chi connectivity index (χ2v) is 11.9. The molecule has 1 aliphatic rings. The lowest BCUT2D eigenvalue weighted by Crippen LogP contribution is -2.40. The number of carbonyl (C=O) groups is 1. The molecule has 0 spiro atoms. The van der Waals surface area contributed by atoms with Crippen LogP contribution in [0.4, 0.5) is 5.69 Å². The van der Waals surface area contributed by atoms with Gasteiger partial charge in [-0.25, -0.2) is 13.1 Å². The quantitative estimate of drug-likeness (QED) is 0.623. The Morgan fingerprint density at radius 1 is 1.03 bits per heavy atom. The average molecular weight is 487 g/mol. The number of likely N-dealkylation sites (N-methyl/N-ethyl adjacent to an activating group) is 1. The molecule has 0 saturated carbocycles. The zero-order valence-corrected chi connectivity index (χ0v) is 21.8. The molecule has 0 aromatic heterocycles. The zero-order chi connectivity index (χ0) is 24.9. The first-order valence-electron chi connectivity index (χ1n) is 11.9. The molecule has 1 fully saturated rings. The smallest absolute Gasteiger partial charge is 0.254 e. The fourth-order valence-electron chi connectivity index (χ4n) is 4.04. The summed E-state index contributed by atoms with van der Waals surface area (Å²) < 4.78 is 29.0. The Morgan fingerprint density at radius 2 is 1.74 bits per heavy atom. The zero-order valence-electron chi connectivity index (χ0n) is 21.0. The highest BCUT2D eigenvalue weighted by atomic mass is 32.2. The van der Waals surface area contributed by atoms with E-state index in [4.69, 9.17) is 0 Å². The molecule has 2 aromatic carbocycles. The number of sulfonamides is 1. The standard InChI is InChI=1S/C26H38N4O3S/c1-20(21-10-7-6-8-11-21)19-27-23-16-22(25(31)30-13-9-12-29(5)14-15-30)17-24(18-23)34(32,33)28-26(2,3)4/h6-8,10-11,16-18,20,27-28H,9,12-15,19H2,1-5H3/t20-/m1/s1. The van der Waals surface area contributed by atoms with Gasteiger partial charge in [0.15, 0.2) is 0 Å². The van der Waals surface area contributed by atoms with Crippen LogP contribution in [0.2, 0.25) is 0 Å². The van der Waals surface area contributed by atoms with Crippen molar-refractivity contribution >= 4 is 21.6 Å². The maximum atomic E-state index is 13.4. The van der Waals surface area contributed by atoms with Gasteiger partial charge >= 0.3 is 0 Å². The molecule has 1 amide bonds. The van der Waals surface area contributed by atoms with Crippen molar-refractivity contribution in [1.29, 1.82) is 0 Å². The minimum atomic E-state index is -3.80. The summed E-state index contributed by atoms with van der Waals surface area (Å²) in [5.74, 6) is 0.0803. The van der Waals surface area contributed by atoms with E-state index in [-0.39, 0.29) is 16.7 Å². The van der Waals surface area contributed by atoms with E-state index in [0.717, 1.165) is 19.5 Å². The lowest BCUT2D eigenvalue weighted by molar-refractivity contribution is 0.0762. The van der Waals surface area contributed by atoms with Crippen molar-refractivity contribution in [2.75, 3.05) is 45.1 Å². The predicted molar refractivity (Wildman–Crippen MR) is 138 cm³/mol. The molecule has 2 aromatic rings. The molecule has 1 atom stereocenters. The summed E-state index contributed by atoms with van der Waals surface area (Å²) >= 11 is 0. The van der Waals surface area contributed by atoms with Crippen LogP contribution in [0.3, 0.4) is 0 Å². The maximum absolute atomic E-state index is 13.4. The highest BCUT2D eigenvalue weighted by Crippen LogP contribution is 2.24.